The molecule has 5 heterocycles. The van der Waals surface area contributed by atoms with Gasteiger partial charge in [-0.25, -0.2) is 28.2 Å². The highest BCUT2D eigenvalue weighted by Gasteiger charge is 2.16. The lowest BCUT2D eigenvalue weighted by atomic mass is 10.1. The molecule has 0 radical (unpaired) electrons. The van der Waals surface area contributed by atoms with Crippen molar-refractivity contribution in [3.8, 4) is 11.3 Å². The van der Waals surface area contributed by atoms with Gasteiger partial charge in [-0.3, -0.25) is 0 Å². The van der Waals surface area contributed by atoms with E-state index < -0.39 is 13.0 Å². The van der Waals surface area contributed by atoms with E-state index >= 15 is 0 Å². The smallest absolute Gasteiger partial charge is 0.256 e. The molecule has 1 saturated heterocycles. The summed E-state index contributed by atoms with van der Waals surface area (Å²) in [5.74, 6) is 1.83. The average molecular weight is 446 g/mol. The van der Waals surface area contributed by atoms with Crippen molar-refractivity contribution in [1.29, 1.82) is 0 Å². The van der Waals surface area contributed by atoms with Crippen LogP contribution in [0.1, 0.15) is 27.0 Å². The third-order valence-corrected chi connectivity index (χ3v) is 5.41. The summed E-state index contributed by atoms with van der Waals surface area (Å²) in [6, 6.07) is 5.49. The number of hydrogen-bond acceptors (Lipinski definition) is 6. The SMILES string of the molecule is CNc1ncc2c(-c3ccc4nc(C)n(CC(F)F)c4n3)ccn2n1.C[C@H]1CCCOC1.[HH]. The number of ether oxygens (including phenoxy) is 1. The highest BCUT2D eigenvalue weighted by atomic mass is 19.3. The Hall–Kier alpha value is -3.14. The van der Waals surface area contributed by atoms with Crippen LogP contribution >= 0.6 is 0 Å². The van der Waals surface area contributed by atoms with E-state index in [0.29, 0.717) is 28.6 Å². The van der Waals surface area contributed by atoms with Crippen LogP contribution in [-0.2, 0) is 11.3 Å². The van der Waals surface area contributed by atoms with E-state index in [9.17, 15) is 8.78 Å². The molecule has 32 heavy (non-hydrogen) atoms. The van der Waals surface area contributed by atoms with Gasteiger partial charge in [0.15, 0.2) is 5.65 Å². The molecule has 10 heteroatoms. The first kappa shape index (κ1) is 22.1. The molecule has 4 aromatic rings. The number of halogens is 2. The third kappa shape index (κ3) is 4.69. The van der Waals surface area contributed by atoms with Crippen molar-refractivity contribution < 1.29 is 14.9 Å². The number of aromatic nitrogens is 6. The molecule has 1 atom stereocenters. The van der Waals surface area contributed by atoms with Crippen molar-refractivity contribution in [2.45, 2.75) is 39.7 Å². The van der Waals surface area contributed by atoms with Gasteiger partial charge < -0.3 is 14.6 Å². The summed E-state index contributed by atoms with van der Waals surface area (Å²) < 4.78 is 34.0. The van der Waals surface area contributed by atoms with E-state index in [1.54, 1.807) is 36.9 Å². The molecule has 0 spiro atoms. The second kappa shape index (κ2) is 9.56. The fraction of sp³-hybridized carbons (Fsp3) is 0.455. The lowest BCUT2D eigenvalue weighted by Crippen LogP contribution is -2.13. The molecule has 8 nitrogen and oxygen atoms in total. The maximum Gasteiger partial charge on any atom is 0.256 e. The molecule has 1 aliphatic heterocycles. The molecule has 5 rings (SSSR count). The first-order chi connectivity index (χ1) is 15.5. The number of hydrogen-bond donors (Lipinski definition) is 1. The summed E-state index contributed by atoms with van der Waals surface area (Å²) in [6.07, 6.45) is 3.66. The van der Waals surface area contributed by atoms with Crippen LogP contribution < -0.4 is 5.32 Å². The van der Waals surface area contributed by atoms with Crippen molar-refractivity contribution in [2.24, 2.45) is 5.92 Å². The lowest BCUT2D eigenvalue weighted by molar-refractivity contribution is 0.0616. The highest BCUT2D eigenvalue weighted by Crippen LogP contribution is 2.26. The standard InChI is InChI=1S/C16H15F2N7.C6H12O.H2/c1-9-21-12-4-3-11(22-15(12)24(9)8-14(17)18)10-5-6-25-13(10)7-20-16(19-2)23-25;1-6-3-2-4-7-5-6;/h3-7,14H,8H2,1-2H3,(H,19,23);6H,2-5H2,1H3;1H/t;6-;/m.0./s1. The quantitative estimate of drug-likeness (QED) is 0.500. The Morgan fingerprint density at radius 2 is 2.12 bits per heavy atom. The molecule has 1 N–H and O–H groups in total. The van der Waals surface area contributed by atoms with Crippen LogP contribution in [0.2, 0.25) is 0 Å². The molecule has 0 aromatic carbocycles. The van der Waals surface area contributed by atoms with E-state index in [1.165, 1.54) is 17.4 Å². The molecule has 0 aliphatic carbocycles. The monoisotopic (exact) mass is 445 g/mol. The van der Waals surface area contributed by atoms with Crippen molar-refractivity contribution in [3.63, 3.8) is 0 Å². The molecule has 0 bridgehead atoms. The third-order valence-electron chi connectivity index (χ3n) is 5.41. The number of pyridine rings is 1. The minimum atomic E-state index is -2.47. The normalized spacial score (nSPS) is 16.4. The maximum atomic E-state index is 12.9. The predicted octanol–water partition coefficient (Wildman–Crippen LogP) is 4.44. The Bertz CT molecular complexity index is 1200. The van der Waals surface area contributed by atoms with Gasteiger partial charge in [0.05, 0.1) is 24.0 Å². The summed E-state index contributed by atoms with van der Waals surface area (Å²) in [4.78, 5) is 13.1. The fourth-order valence-electron chi connectivity index (χ4n) is 3.75. The summed E-state index contributed by atoms with van der Waals surface area (Å²) in [7, 11) is 1.74. The minimum Gasteiger partial charge on any atom is -0.381 e. The average Bonchev–Trinajstić information content (AvgIpc) is 3.34. The number of imidazole rings is 1. The Labute approximate surface area is 186 Å². The van der Waals surface area contributed by atoms with Gasteiger partial charge in [-0.1, -0.05) is 6.92 Å². The molecule has 1 aliphatic rings. The van der Waals surface area contributed by atoms with Gasteiger partial charge in [0.25, 0.3) is 6.43 Å². The fourth-order valence-corrected chi connectivity index (χ4v) is 3.75. The largest absolute Gasteiger partial charge is 0.381 e. The molecular formula is C22H29F2N7O. The summed E-state index contributed by atoms with van der Waals surface area (Å²) in [5.41, 5.74) is 3.31. The zero-order chi connectivity index (χ0) is 22.7. The van der Waals surface area contributed by atoms with Gasteiger partial charge in [-0.2, -0.15) is 0 Å². The number of rotatable bonds is 4. The van der Waals surface area contributed by atoms with Crippen molar-refractivity contribution in [1.82, 2.24) is 29.1 Å². The van der Waals surface area contributed by atoms with Crippen LogP contribution in [0.4, 0.5) is 14.7 Å². The van der Waals surface area contributed by atoms with Crippen LogP contribution in [-0.4, -0.2) is 55.8 Å². The Morgan fingerprint density at radius 3 is 2.78 bits per heavy atom. The second-order valence-electron chi connectivity index (χ2n) is 7.91. The van der Waals surface area contributed by atoms with Gasteiger partial charge in [-0.05, 0) is 43.9 Å². The van der Waals surface area contributed by atoms with Crippen LogP contribution in [0.15, 0.2) is 30.6 Å². The predicted molar refractivity (Wildman–Crippen MR) is 121 cm³/mol. The number of aryl methyl sites for hydroxylation is 1. The first-order valence-corrected chi connectivity index (χ1v) is 10.7. The van der Waals surface area contributed by atoms with Gasteiger partial charge in [0.2, 0.25) is 5.95 Å². The lowest BCUT2D eigenvalue weighted by Gasteiger charge is -2.16. The van der Waals surface area contributed by atoms with E-state index in [1.807, 2.05) is 12.1 Å². The molecular weight excluding hydrogens is 416 g/mol. The zero-order valence-corrected chi connectivity index (χ0v) is 18.4. The Kier molecular flexibility index (Phi) is 6.59. The van der Waals surface area contributed by atoms with E-state index in [4.69, 9.17) is 4.74 Å². The Balaban J connectivity index is 0.000000330. The van der Waals surface area contributed by atoms with E-state index in [0.717, 1.165) is 30.2 Å². The topological polar surface area (TPSA) is 82.2 Å². The first-order valence-electron chi connectivity index (χ1n) is 10.7. The summed E-state index contributed by atoms with van der Waals surface area (Å²) >= 11 is 0. The molecule has 0 saturated carbocycles. The number of nitrogens with zero attached hydrogens (tertiary/aromatic N) is 6. The Morgan fingerprint density at radius 1 is 1.28 bits per heavy atom. The molecule has 4 aromatic heterocycles. The molecule has 172 valence electrons. The van der Waals surface area contributed by atoms with Crippen LogP contribution in [0, 0.1) is 12.8 Å². The van der Waals surface area contributed by atoms with Gasteiger partial charge in [0, 0.05) is 33.4 Å². The van der Waals surface area contributed by atoms with Crippen molar-refractivity contribution >= 4 is 22.6 Å². The second-order valence-corrected chi connectivity index (χ2v) is 7.91. The zero-order valence-electron chi connectivity index (χ0n) is 18.4. The van der Waals surface area contributed by atoms with Crippen LogP contribution in [0.3, 0.4) is 0 Å². The van der Waals surface area contributed by atoms with Gasteiger partial charge >= 0.3 is 0 Å². The summed E-state index contributed by atoms with van der Waals surface area (Å²) in [5, 5.41) is 7.19. The maximum absolute atomic E-state index is 12.9. The minimum absolute atomic E-state index is 0. The van der Waals surface area contributed by atoms with E-state index in [2.05, 4.69) is 32.3 Å². The number of anilines is 1. The molecule has 0 amide bonds. The van der Waals surface area contributed by atoms with Crippen LogP contribution in [0.25, 0.3) is 27.9 Å². The number of alkyl halides is 2. The van der Waals surface area contributed by atoms with Gasteiger partial charge in [0.1, 0.15) is 11.3 Å². The van der Waals surface area contributed by atoms with Crippen molar-refractivity contribution in [3.05, 3.63) is 36.4 Å². The highest BCUT2D eigenvalue weighted by molar-refractivity contribution is 5.82. The van der Waals surface area contributed by atoms with Crippen molar-refractivity contribution in [2.75, 3.05) is 25.6 Å². The summed E-state index contributed by atoms with van der Waals surface area (Å²) in [6.45, 7) is 5.48. The number of nitrogens with one attached hydrogen (secondary N) is 1. The van der Waals surface area contributed by atoms with E-state index in [-0.39, 0.29) is 1.43 Å². The molecule has 1 fully saturated rings. The van der Waals surface area contributed by atoms with Gasteiger partial charge in [-0.15, -0.1) is 5.10 Å². The molecule has 0 unspecified atom stereocenters. The van der Waals surface area contributed by atoms with Crippen LogP contribution in [0.5, 0.6) is 0 Å². The number of fused-ring (bicyclic) bond motifs is 2.